The van der Waals surface area contributed by atoms with Crippen LogP contribution < -0.4 is 20.9 Å². The molecule has 5 aromatic rings. The Morgan fingerprint density at radius 1 is 1.02 bits per heavy atom. The summed E-state index contributed by atoms with van der Waals surface area (Å²) < 4.78 is 13.3. The summed E-state index contributed by atoms with van der Waals surface area (Å²) in [4.78, 5) is 27.8. The van der Waals surface area contributed by atoms with Gasteiger partial charge < -0.3 is 26.0 Å². The van der Waals surface area contributed by atoms with Crippen molar-refractivity contribution in [3.05, 3.63) is 89.2 Å². The van der Waals surface area contributed by atoms with Crippen molar-refractivity contribution in [2.45, 2.75) is 12.8 Å². The maximum atomic E-state index is 11.9. The summed E-state index contributed by atoms with van der Waals surface area (Å²) in [6.07, 6.45) is 1.30. The zero-order valence-electron chi connectivity index (χ0n) is 21.3. The van der Waals surface area contributed by atoms with Crippen LogP contribution in [0.25, 0.3) is 27.9 Å². The second-order valence-electron chi connectivity index (χ2n) is 8.87. The van der Waals surface area contributed by atoms with Gasteiger partial charge in [-0.15, -0.1) is 0 Å². The van der Waals surface area contributed by atoms with Crippen molar-refractivity contribution >= 4 is 34.8 Å². The summed E-state index contributed by atoms with van der Waals surface area (Å²) in [6.45, 7) is 0. The van der Waals surface area contributed by atoms with Gasteiger partial charge in [0.2, 0.25) is 5.91 Å². The second kappa shape index (κ2) is 11.0. The van der Waals surface area contributed by atoms with Gasteiger partial charge in [-0.2, -0.15) is 5.10 Å². The third kappa shape index (κ3) is 5.12. The van der Waals surface area contributed by atoms with Crippen molar-refractivity contribution in [1.82, 2.24) is 14.6 Å². The third-order valence-corrected chi connectivity index (χ3v) is 6.58. The Morgan fingerprint density at radius 3 is 2.55 bits per heavy atom. The number of rotatable bonds is 9. The number of carbonyl (C=O) groups excluding carboxylic acids is 1. The highest BCUT2D eigenvalue weighted by molar-refractivity contribution is 6.30. The second-order valence-corrected chi connectivity index (χ2v) is 9.31. The van der Waals surface area contributed by atoms with Crippen LogP contribution in [0.15, 0.2) is 73.1 Å². The number of benzene rings is 3. The molecular weight excluding hydrogens is 534 g/mol. The lowest BCUT2D eigenvalue weighted by molar-refractivity contribution is -0.136. The Balaban J connectivity index is 1.75. The topological polar surface area (TPSA) is 155 Å². The first-order valence-corrected chi connectivity index (χ1v) is 12.5. The number of hydrogen-bond donors (Lipinski definition) is 3. The molecule has 2 heterocycles. The zero-order chi connectivity index (χ0) is 28.4. The molecule has 3 aromatic carbocycles. The average Bonchev–Trinajstić information content (AvgIpc) is 3.27. The lowest BCUT2D eigenvalue weighted by Crippen LogP contribution is -2.11. The minimum absolute atomic E-state index is 0.146. The summed E-state index contributed by atoms with van der Waals surface area (Å²) in [5.41, 5.74) is 15.8. The lowest BCUT2D eigenvalue weighted by atomic mass is 9.94. The number of nitrogens with zero attached hydrogens (tertiary/aromatic N) is 3. The smallest absolute Gasteiger partial charge is 0.303 e. The predicted octanol–water partition coefficient (Wildman–Crippen LogP) is 5.22. The van der Waals surface area contributed by atoms with Gasteiger partial charge >= 0.3 is 5.97 Å². The number of primary amides is 1. The van der Waals surface area contributed by atoms with E-state index in [1.807, 2.05) is 6.07 Å². The number of methoxy groups -OCH3 is 1. The van der Waals surface area contributed by atoms with Gasteiger partial charge in [-0.05, 0) is 60.0 Å². The molecule has 0 aliphatic heterocycles. The molecule has 5 N–H and O–H groups in total. The molecule has 5 rings (SSSR count). The summed E-state index contributed by atoms with van der Waals surface area (Å²) in [5.74, 6) is 0.0296. The van der Waals surface area contributed by atoms with Crippen molar-refractivity contribution < 1.29 is 24.2 Å². The minimum atomic E-state index is -0.972. The van der Waals surface area contributed by atoms with E-state index in [-0.39, 0.29) is 18.7 Å². The molecule has 0 spiro atoms. The van der Waals surface area contributed by atoms with Gasteiger partial charge in [0.1, 0.15) is 17.6 Å². The predicted molar refractivity (Wildman–Crippen MR) is 151 cm³/mol. The molecule has 0 unspecified atom stereocenters. The van der Waals surface area contributed by atoms with E-state index in [1.165, 1.54) is 13.4 Å². The molecule has 40 heavy (non-hydrogen) atoms. The first kappa shape index (κ1) is 26.5. The van der Waals surface area contributed by atoms with Gasteiger partial charge in [0.05, 0.1) is 12.8 Å². The van der Waals surface area contributed by atoms with Crippen LogP contribution in [0.4, 0.5) is 5.82 Å². The highest BCUT2D eigenvalue weighted by Crippen LogP contribution is 2.43. The number of fused-ring (bicyclic) bond motifs is 1. The van der Waals surface area contributed by atoms with Gasteiger partial charge in [0.15, 0.2) is 17.3 Å². The standard InChI is InChI=1S/C29H24ClN5O5/c1-39-23-13-16(8-10-22(23)40-20-7-3-6-19(30)14-20)25-21(9-11-24(36)37)26(35-27(25)28(31)33-15-34-35)17-4-2-5-18(12-17)29(32)38/h2-8,10,12-15H,9,11H2,1H3,(H2,32,38)(H,36,37)(H2,31,33,34). The first-order chi connectivity index (χ1) is 19.3. The van der Waals surface area contributed by atoms with E-state index in [2.05, 4.69) is 10.1 Å². The van der Waals surface area contributed by atoms with E-state index in [0.717, 1.165) is 0 Å². The molecular formula is C29H24ClN5O5. The number of carbonyl (C=O) groups is 2. The highest BCUT2D eigenvalue weighted by atomic mass is 35.5. The molecule has 0 bridgehead atoms. The molecule has 0 atom stereocenters. The molecule has 0 radical (unpaired) electrons. The SMILES string of the molecule is COc1cc(-c2c(CCC(=O)O)c(-c3cccc(C(N)=O)c3)n3ncnc(N)c23)ccc1Oc1cccc(Cl)c1. The van der Waals surface area contributed by atoms with Crippen molar-refractivity contribution in [2.75, 3.05) is 12.8 Å². The van der Waals surface area contributed by atoms with E-state index in [9.17, 15) is 14.7 Å². The van der Waals surface area contributed by atoms with Crippen molar-refractivity contribution in [3.63, 3.8) is 0 Å². The fourth-order valence-electron chi connectivity index (χ4n) is 4.63. The van der Waals surface area contributed by atoms with Crippen LogP contribution in [0.2, 0.25) is 5.02 Å². The van der Waals surface area contributed by atoms with Crippen molar-refractivity contribution in [3.8, 4) is 39.6 Å². The van der Waals surface area contributed by atoms with Crippen LogP contribution >= 0.6 is 11.6 Å². The van der Waals surface area contributed by atoms with E-state index in [4.69, 9.17) is 32.5 Å². The van der Waals surface area contributed by atoms with E-state index >= 15 is 0 Å². The number of aromatic nitrogens is 3. The summed E-state index contributed by atoms with van der Waals surface area (Å²) in [5, 5.41) is 14.5. The Labute approximate surface area is 233 Å². The van der Waals surface area contributed by atoms with Gasteiger partial charge in [-0.3, -0.25) is 9.59 Å². The number of nitrogen functional groups attached to an aromatic ring is 1. The highest BCUT2D eigenvalue weighted by Gasteiger charge is 2.25. The fourth-order valence-corrected chi connectivity index (χ4v) is 4.81. The Morgan fingerprint density at radius 2 is 1.82 bits per heavy atom. The van der Waals surface area contributed by atoms with Crippen LogP contribution in [0.5, 0.6) is 17.2 Å². The van der Waals surface area contributed by atoms with Gasteiger partial charge in [-0.25, -0.2) is 9.50 Å². The van der Waals surface area contributed by atoms with Crippen LogP contribution in [-0.4, -0.2) is 38.7 Å². The Hall–Kier alpha value is -5.09. The Kier molecular flexibility index (Phi) is 7.26. The van der Waals surface area contributed by atoms with Crippen LogP contribution in [-0.2, 0) is 11.2 Å². The number of anilines is 1. The zero-order valence-corrected chi connectivity index (χ0v) is 22.1. The number of aliphatic carboxylic acids is 1. The Bertz CT molecular complexity index is 1770. The largest absolute Gasteiger partial charge is 0.493 e. The fraction of sp³-hybridized carbons (Fsp3) is 0.103. The van der Waals surface area contributed by atoms with E-state index in [1.54, 1.807) is 65.2 Å². The maximum absolute atomic E-state index is 11.9. The third-order valence-electron chi connectivity index (χ3n) is 6.34. The molecule has 0 saturated heterocycles. The van der Waals surface area contributed by atoms with Crippen molar-refractivity contribution in [2.24, 2.45) is 5.73 Å². The maximum Gasteiger partial charge on any atom is 0.303 e. The molecule has 2 aromatic heterocycles. The van der Waals surface area contributed by atoms with Gasteiger partial charge in [-0.1, -0.05) is 35.9 Å². The summed E-state index contributed by atoms with van der Waals surface area (Å²) >= 11 is 6.10. The number of ether oxygens (including phenoxy) is 2. The molecule has 10 nitrogen and oxygen atoms in total. The summed E-state index contributed by atoms with van der Waals surface area (Å²) in [6, 6.07) is 19.0. The molecule has 0 fully saturated rings. The molecule has 0 saturated carbocycles. The van der Waals surface area contributed by atoms with Gasteiger partial charge in [0.25, 0.3) is 0 Å². The summed E-state index contributed by atoms with van der Waals surface area (Å²) in [7, 11) is 1.52. The molecule has 0 aliphatic rings. The molecule has 0 aliphatic carbocycles. The van der Waals surface area contributed by atoms with Gasteiger partial charge in [0, 0.05) is 28.1 Å². The number of carboxylic acid groups (broad SMARTS) is 1. The monoisotopic (exact) mass is 557 g/mol. The molecule has 11 heteroatoms. The van der Waals surface area contributed by atoms with Crippen molar-refractivity contribution in [1.29, 1.82) is 0 Å². The number of halogens is 1. The van der Waals surface area contributed by atoms with Crippen LogP contribution in [0.3, 0.4) is 0 Å². The normalized spacial score (nSPS) is 10.9. The first-order valence-electron chi connectivity index (χ1n) is 12.1. The average molecular weight is 558 g/mol. The number of carboxylic acids is 1. The quantitative estimate of drug-likeness (QED) is 0.223. The minimum Gasteiger partial charge on any atom is -0.493 e. The molecule has 202 valence electrons. The number of amides is 1. The number of nitrogens with two attached hydrogens (primary N) is 2. The van der Waals surface area contributed by atoms with E-state index < -0.39 is 11.9 Å². The van der Waals surface area contributed by atoms with E-state index in [0.29, 0.717) is 61.3 Å². The lowest BCUT2D eigenvalue weighted by Gasteiger charge is -2.13. The molecule has 1 amide bonds. The number of hydrogen-bond acceptors (Lipinski definition) is 7. The van der Waals surface area contributed by atoms with Crippen LogP contribution in [0, 0.1) is 0 Å². The van der Waals surface area contributed by atoms with Crippen LogP contribution in [0.1, 0.15) is 22.3 Å².